The molecule has 0 heterocycles. The van der Waals surface area contributed by atoms with Crippen molar-refractivity contribution >= 4 is 5.78 Å². The van der Waals surface area contributed by atoms with E-state index >= 15 is 0 Å². The van der Waals surface area contributed by atoms with Crippen LogP contribution in [0.5, 0.6) is 5.75 Å². The Kier molecular flexibility index (Phi) is 4.91. The van der Waals surface area contributed by atoms with Gasteiger partial charge in [-0.3, -0.25) is 4.79 Å². The van der Waals surface area contributed by atoms with Crippen molar-refractivity contribution in [2.45, 2.75) is 33.1 Å². The van der Waals surface area contributed by atoms with Crippen LogP contribution in [0.2, 0.25) is 0 Å². The molecule has 1 aromatic carbocycles. The Hall–Kier alpha value is -1.82. The van der Waals surface area contributed by atoms with Crippen molar-refractivity contribution < 1.29 is 9.53 Å². The number of methoxy groups -OCH3 is 1. The number of hydrogen-bond acceptors (Lipinski definition) is 3. The van der Waals surface area contributed by atoms with Gasteiger partial charge in [-0.1, -0.05) is 20.8 Å². The normalized spacial score (nSPS) is 12.0. The van der Waals surface area contributed by atoms with Crippen LogP contribution in [0.3, 0.4) is 0 Å². The van der Waals surface area contributed by atoms with E-state index in [0.717, 1.165) is 11.3 Å². The first-order valence-electron chi connectivity index (χ1n) is 6.16. The number of hydrogen-bond donors (Lipinski definition) is 0. The van der Waals surface area contributed by atoms with Crippen LogP contribution in [0.4, 0.5) is 0 Å². The van der Waals surface area contributed by atoms with Crippen LogP contribution < -0.4 is 4.74 Å². The van der Waals surface area contributed by atoms with E-state index in [-0.39, 0.29) is 11.7 Å². The molecule has 0 spiro atoms. The fourth-order valence-corrected chi connectivity index (χ4v) is 1.88. The van der Waals surface area contributed by atoms with Crippen LogP contribution in [-0.2, 0) is 0 Å². The summed E-state index contributed by atoms with van der Waals surface area (Å²) in [6, 6.07) is 7.41. The molecule has 0 saturated heterocycles. The van der Waals surface area contributed by atoms with E-state index in [4.69, 9.17) is 10.00 Å². The smallest absolute Gasteiger partial charge is 0.179 e. The van der Waals surface area contributed by atoms with Gasteiger partial charge in [0.05, 0.1) is 13.2 Å². The molecular formula is C15H19NO2. The van der Waals surface area contributed by atoms with Gasteiger partial charge in [-0.05, 0) is 36.1 Å². The molecule has 3 nitrogen and oxygen atoms in total. The Morgan fingerprint density at radius 3 is 2.56 bits per heavy atom. The quantitative estimate of drug-likeness (QED) is 0.745. The first kappa shape index (κ1) is 14.2. The monoisotopic (exact) mass is 245 g/mol. The molecule has 0 aliphatic rings. The molecule has 96 valence electrons. The van der Waals surface area contributed by atoms with Crippen molar-refractivity contribution in [2.75, 3.05) is 7.11 Å². The van der Waals surface area contributed by atoms with Gasteiger partial charge < -0.3 is 4.74 Å². The summed E-state index contributed by atoms with van der Waals surface area (Å²) in [5, 5.41) is 8.94. The third kappa shape index (κ3) is 2.89. The summed E-state index contributed by atoms with van der Waals surface area (Å²) >= 11 is 0. The van der Waals surface area contributed by atoms with Crippen molar-refractivity contribution in [2.24, 2.45) is 5.92 Å². The molecule has 1 aromatic rings. The first-order valence-corrected chi connectivity index (χ1v) is 6.16. The largest absolute Gasteiger partial charge is 0.496 e. The lowest BCUT2D eigenvalue weighted by molar-refractivity contribution is 0.0946. The van der Waals surface area contributed by atoms with E-state index in [9.17, 15) is 4.79 Å². The van der Waals surface area contributed by atoms with Gasteiger partial charge in [0.1, 0.15) is 11.7 Å². The van der Waals surface area contributed by atoms with Crippen molar-refractivity contribution in [3.8, 4) is 11.8 Å². The summed E-state index contributed by atoms with van der Waals surface area (Å²) in [5.41, 5.74) is 1.59. The molecule has 0 aliphatic heterocycles. The Morgan fingerprint density at radius 1 is 1.44 bits per heavy atom. The molecule has 0 saturated carbocycles. The average Bonchev–Trinajstić information content (AvgIpc) is 2.39. The van der Waals surface area contributed by atoms with Gasteiger partial charge in [-0.2, -0.15) is 5.26 Å². The topological polar surface area (TPSA) is 50.1 Å². The molecule has 0 aliphatic carbocycles. The summed E-state index contributed by atoms with van der Waals surface area (Å²) in [6.07, 6.45) is 0.540. The lowest BCUT2D eigenvalue weighted by Gasteiger charge is -2.14. The molecule has 0 radical (unpaired) electrons. The number of nitriles is 1. The van der Waals surface area contributed by atoms with Gasteiger partial charge in [0.15, 0.2) is 5.78 Å². The van der Waals surface area contributed by atoms with E-state index in [2.05, 4.69) is 0 Å². The molecule has 18 heavy (non-hydrogen) atoms. The second-order valence-corrected chi connectivity index (χ2v) is 4.57. The van der Waals surface area contributed by atoms with Gasteiger partial charge in [0.25, 0.3) is 0 Å². The molecule has 0 fully saturated rings. The maximum absolute atomic E-state index is 12.1. The number of benzene rings is 1. The van der Waals surface area contributed by atoms with Gasteiger partial charge in [0, 0.05) is 5.56 Å². The summed E-state index contributed by atoms with van der Waals surface area (Å²) in [7, 11) is 1.62. The van der Waals surface area contributed by atoms with Crippen LogP contribution in [0.1, 0.15) is 49.0 Å². The van der Waals surface area contributed by atoms with E-state index in [1.54, 1.807) is 19.2 Å². The molecule has 0 amide bonds. The zero-order valence-electron chi connectivity index (χ0n) is 11.4. The van der Waals surface area contributed by atoms with E-state index in [1.165, 1.54) is 0 Å². The molecule has 1 atom stereocenters. The highest BCUT2D eigenvalue weighted by atomic mass is 16.5. The third-order valence-corrected chi connectivity index (χ3v) is 3.02. The molecule has 0 bridgehead atoms. The van der Waals surface area contributed by atoms with E-state index in [0.29, 0.717) is 12.0 Å². The fourth-order valence-electron chi connectivity index (χ4n) is 1.88. The number of carbonyl (C=O) groups is 1. The number of rotatable bonds is 5. The van der Waals surface area contributed by atoms with E-state index in [1.807, 2.05) is 32.9 Å². The fraction of sp³-hybridized carbons (Fsp3) is 0.467. The van der Waals surface area contributed by atoms with Gasteiger partial charge in [0.2, 0.25) is 0 Å². The molecule has 0 N–H and O–H groups in total. The maximum atomic E-state index is 12.1. The Bertz CT molecular complexity index is 472. The van der Waals surface area contributed by atoms with Crippen molar-refractivity contribution in [3.63, 3.8) is 0 Å². The summed E-state index contributed by atoms with van der Waals surface area (Å²) < 4.78 is 5.28. The van der Waals surface area contributed by atoms with Crippen LogP contribution in [0.15, 0.2) is 18.2 Å². The summed E-state index contributed by atoms with van der Waals surface area (Å²) in [5.74, 6) is 0.393. The summed E-state index contributed by atoms with van der Waals surface area (Å²) in [6.45, 7) is 5.94. The highest BCUT2D eigenvalue weighted by Crippen LogP contribution is 2.28. The van der Waals surface area contributed by atoms with Crippen molar-refractivity contribution in [3.05, 3.63) is 29.3 Å². The molecule has 1 unspecified atom stereocenters. The zero-order valence-corrected chi connectivity index (χ0v) is 11.4. The predicted octanol–water partition coefficient (Wildman–Crippen LogP) is 3.55. The number of carbonyl (C=O) groups excluding carboxylic acids is 1. The first-order chi connectivity index (χ1) is 8.54. The predicted molar refractivity (Wildman–Crippen MR) is 70.8 cm³/mol. The lowest BCUT2D eigenvalue weighted by atomic mass is 9.92. The molecule has 3 heteroatoms. The number of ketones is 1. The highest BCUT2D eigenvalue weighted by Gasteiger charge is 2.19. The Morgan fingerprint density at radius 2 is 2.11 bits per heavy atom. The maximum Gasteiger partial charge on any atom is 0.179 e. The third-order valence-electron chi connectivity index (χ3n) is 3.02. The van der Waals surface area contributed by atoms with Crippen LogP contribution in [0.25, 0.3) is 0 Å². The number of nitrogens with zero attached hydrogens (tertiary/aromatic N) is 1. The minimum absolute atomic E-state index is 0.107. The Balaban J connectivity index is 3.16. The minimum atomic E-state index is -0.557. The van der Waals surface area contributed by atoms with Crippen LogP contribution in [-0.4, -0.2) is 12.9 Å². The van der Waals surface area contributed by atoms with Gasteiger partial charge in [-0.15, -0.1) is 0 Å². The molecule has 1 rings (SSSR count). The van der Waals surface area contributed by atoms with E-state index < -0.39 is 5.92 Å². The minimum Gasteiger partial charge on any atom is -0.496 e. The van der Waals surface area contributed by atoms with Gasteiger partial charge in [-0.25, -0.2) is 0 Å². The second kappa shape index (κ2) is 6.20. The van der Waals surface area contributed by atoms with Gasteiger partial charge >= 0.3 is 0 Å². The Labute approximate surface area is 108 Å². The standard InChI is InChI=1S/C15H19NO2/c1-5-11(9-16)15(17)12-6-7-14(18-4)13(8-12)10(2)3/h6-8,10-11H,5H2,1-4H3. The number of ether oxygens (including phenoxy) is 1. The zero-order chi connectivity index (χ0) is 13.7. The lowest BCUT2D eigenvalue weighted by Crippen LogP contribution is -2.12. The van der Waals surface area contributed by atoms with Crippen LogP contribution in [0, 0.1) is 17.2 Å². The average molecular weight is 245 g/mol. The number of Topliss-reactive ketones (excluding diaryl/α,β-unsaturated/α-hetero) is 1. The second-order valence-electron chi connectivity index (χ2n) is 4.57. The van der Waals surface area contributed by atoms with Crippen molar-refractivity contribution in [1.82, 2.24) is 0 Å². The highest BCUT2D eigenvalue weighted by molar-refractivity contribution is 5.99. The van der Waals surface area contributed by atoms with Crippen LogP contribution >= 0.6 is 0 Å². The molecule has 0 aromatic heterocycles. The summed E-state index contributed by atoms with van der Waals surface area (Å²) in [4.78, 5) is 12.1. The molecular weight excluding hydrogens is 226 g/mol. The SMILES string of the molecule is CCC(C#N)C(=O)c1ccc(OC)c(C(C)C)c1. The van der Waals surface area contributed by atoms with Crippen molar-refractivity contribution in [1.29, 1.82) is 5.26 Å².